The number of benzene rings is 1. The zero-order valence-electron chi connectivity index (χ0n) is 11.1. The summed E-state index contributed by atoms with van der Waals surface area (Å²) in [5, 5.41) is 18.7. The average molecular weight is 264 g/mol. The predicted molar refractivity (Wildman–Crippen MR) is 69.6 cm³/mol. The van der Waals surface area contributed by atoms with Crippen LogP contribution in [-0.2, 0) is 6.61 Å². The fourth-order valence-electron chi connectivity index (χ4n) is 2.13. The van der Waals surface area contributed by atoms with Crippen LogP contribution < -0.4 is 9.47 Å². The van der Waals surface area contributed by atoms with E-state index < -0.39 is 18.2 Å². The highest BCUT2D eigenvalue weighted by atomic mass is 16.5. The maximum Gasteiger partial charge on any atom is 0.339 e. The van der Waals surface area contributed by atoms with Crippen molar-refractivity contribution in [1.82, 2.24) is 0 Å². The molecule has 0 bridgehead atoms. The van der Waals surface area contributed by atoms with E-state index in [1.54, 1.807) is 12.1 Å². The molecule has 0 saturated carbocycles. The molecule has 5 heteroatoms. The molecule has 0 unspecified atom stereocenters. The van der Waals surface area contributed by atoms with Gasteiger partial charge in [-0.1, -0.05) is 6.08 Å². The molecule has 5 nitrogen and oxygen atoms in total. The van der Waals surface area contributed by atoms with Gasteiger partial charge in [0, 0.05) is 17.2 Å². The second-order valence-electron chi connectivity index (χ2n) is 4.85. The van der Waals surface area contributed by atoms with Gasteiger partial charge in [0.25, 0.3) is 0 Å². The van der Waals surface area contributed by atoms with Crippen molar-refractivity contribution in [2.45, 2.75) is 26.1 Å². The van der Waals surface area contributed by atoms with Crippen LogP contribution in [-0.4, -0.2) is 28.9 Å². The average Bonchev–Trinajstić information content (AvgIpc) is 2.34. The minimum Gasteiger partial charge on any atom is -0.496 e. The number of aromatic carboxylic acids is 1. The van der Waals surface area contributed by atoms with Crippen LogP contribution in [0.15, 0.2) is 12.1 Å². The molecule has 1 aliphatic heterocycles. The number of aliphatic hydroxyl groups is 1. The lowest BCUT2D eigenvalue weighted by Gasteiger charge is -2.29. The fourth-order valence-corrected chi connectivity index (χ4v) is 2.13. The highest BCUT2D eigenvalue weighted by Gasteiger charge is 2.28. The van der Waals surface area contributed by atoms with Crippen LogP contribution in [0.3, 0.4) is 0 Å². The molecule has 0 atom stereocenters. The Labute approximate surface area is 111 Å². The van der Waals surface area contributed by atoms with E-state index in [1.165, 1.54) is 7.11 Å². The molecule has 1 aromatic rings. The molecule has 0 saturated heterocycles. The van der Waals surface area contributed by atoms with Crippen molar-refractivity contribution < 1.29 is 24.5 Å². The Morgan fingerprint density at radius 1 is 1.47 bits per heavy atom. The molecule has 19 heavy (non-hydrogen) atoms. The molecule has 0 amide bonds. The third kappa shape index (κ3) is 2.29. The zero-order chi connectivity index (χ0) is 14.2. The van der Waals surface area contributed by atoms with E-state index in [9.17, 15) is 15.0 Å². The van der Waals surface area contributed by atoms with Gasteiger partial charge in [-0.25, -0.2) is 4.79 Å². The lowest BCUT2D eigenvalue weighted by molar-refractivity contribution is 0.0689. The summed E-state index contributed by atoms with van der Waals surface area (Å²) in [4.78, 5) is 11.3. The Morgan fingerprint density at radius 3 is 2.68 bits per heavy atom. The molecule has 0 aromatic heterocycles. The van der Waals surface area contributed by atoms with Crippen molar-refractivity contribution in [3.8, 4) is 11.5 Å². The number of rotatable bonds is 3. The number of carboxylic acid groups (broad SMARTS) is 1. The summed E-state index contributed by atoms with van der Waals surface area (Å²) < 4.78 is 10.9. The molecule has 2 rings (SSSR count). The Hall–Kier alpha value is -2.01. The molecule has 1 heterocycles. The third-order valence-corrected chi connectivity index (χ3v) is 3.02. The van der Waals surface area contributed by atoms with Crippen molar-refractivity contribution >= 4 is 12.0 Å². The van der Waals surface area contributed by atoms with Gasteiger partial charge in [0.15, 0.2) is 0 Å². The number of carboxylic acids is 1. The molecular weight excluding hydrogens is 248 g/mol. The van der Waals surface area contributed by atoms with Gasteiger partial charge in [0.2, 0.25) is 0 Å². The largest absolute Gasteiger partial charge is 0.496 e. The maximum absolute atomic E-state index is 11.3. The number of hydrogen-bond donors (Lipinski definition) is 2. The summed E-state index contributed by atoms with van der Waals surface area (Å²) in [6, 6.07) is 1.54. The summed E-state index contributed by atoms with van der Waals surface area (Å²) in [6.07, 6.45) is 3.60. The molecule has 1 aliphatic rings. The minimum absolute atomic E-state index is 0.0308. The summed E-state index contributed by atoms with van der Waals surface area (Å²) in [5.41, 5.74) is 0.375. The first-order valence-corrected chi connectivity index (χ1v) is 5.86. The van der Waals surface area contributed by atoms with Crippen LogP contribution in [0.4, 0.5) is 0 Å². The quantitative estimate of drug-likeness (QED) is 0.874. The van der Waals surface area contributed by atoms with E-state index in [1.807, 2.05) is 19.9 Å². The van der Waals surface area contributed by atoms with Crippen molar-refractivity contribution in [3.05, 3.63) is 28.8 Å². The second-order valence-corrected chi connectivity index (χ2v) is 4.85. The van der Waals surface area contributed by atoms with Crippen LogP contribution in [0.5, 0.6) is 11.5 Å². The molecule has 0 radical (unpaired) electrons. The topological polar surface area (TPSA) is 76.0 Å². The number of methoxy groups -OCH3 is 1. The normalized spacial score (nSPS) is 15.6. The zero-order valence-corrected chi connectivity index (χ0v) is 11.1. The van der Waals surface area contributed by atoms with E-state index >= 15 is 0 Å². The van der Waals surface area contributed by atoms with Gasteiger partial charge in [-0.05, 0) is 19.9 Å². The van der Waals surface area contributed by atoms with E-state index in [0.29, 0.717) is 16.9 Å². The third-order valence-electron chi connectivity index (χ3n) is 3.02. The van der Waals surface area contributed by atoms with Gasteiger partial charge >= 0.3 is 5.97 Å². The molecule has 2 N–H and O–H groups in total. The van der Waals surface area contributed by atoms with Gasteiger partial charge in [-0.3, -0.25) is 0 Å². The Bertz CT molecular complexity index is 557. The van der Waals surface area contributed by atoms with Crippen molar-refractivity contribution in [2.75, 3.05) is 7.11 Å². The van der Waals surface area contributed by atoms with E-state index in [-0.39, 0.29) is 11.3 Å². The molecular formula is C14H16O5. The van der Waals surface area contributed by atoms with Gasteiger partial charge in [0.05, 0.1) is 13.7 Å². The first kappa shape index (κ1) is 13.4. The van der Waals surface area contributed by atoms with Crippen LogP contribution in [0.2, 0.25) is 0 Å². The fraction of sp³-hybridized carbons (Fsp3) is 0.357. The lowest BCUT2D eigenvalue weighted by atomic mass is 9.94. The number of fused-ring (bicyclic) bond motifs is 1. The molecule has 1 aromatic carbocycles. The van der Waals surface area contributed by atoms with Gasteiger partial charge in [-0.2, -0.15) is 0 Å². The van der Waals surface area contributed by atoms with E-state index in [0.717, 1.165) is 0 Å². The Balaban J connectivity index is 2.72. The molecule has 0 aliphatic carbocycles. The number of hydrogen-bond acceptors (Lipinski definition) is 4. The van der Waals surface area contributed by atoms with Crippen molar-refractivity contribution in [2.24, 2.45) is 0 Å². The maximum atomic E-state index is 11.3. The highest BCUT2D eigenvalue weighted by Crippen LogP contribution is 2.39. The van der Waals surface area contributed by atoms with Gasteiger partial charge in [-0.15, -0.1) is 0 Å². The number of aliphatic hydroxyl groups excluding tert-OH is 1. The predicted octanol–water partition coefficient (Wildman–Crippen LogP) is 2.07. The second kappa shape index (κ2) is 4.59. The van der Waals surface area contributed by atoms with E-state index in [4.69, 9.17) is 9.47 Å². The van der Waals surface area contributed by atoms with Crippen LogP contribution >= 0.6 is 0 Å². The number of ether oxygens (including phenoxy) is 2. The van der Waals surface area contributed by atoms with Crippen molar-refractivity contribution in [1.29, 1.82) is 0 Å². The van der Waals surface area contributed by atoms with Crippen LogP contribution in [0.25, 0.3) is 6.08 Å². The SMILES string of the molecule is COc1cc2c(c(CO)c1C(=O)O)C=CC(C)(C)O2. The monoisotopic (exact) mass is 264 g/mol. The first-order valence-electron chi connectivity index (χ1n) is 5.86. The van der Waals surface area contributed by atoms with Crippen molar-refractivity contribution in [3.63, 3.8) is 0 Å². The Morgan fingerprint density at radius 2 is 2.16 bits per heavy atom. The standard InChI is InChI=1S/C14H16O5/c1-14(2)5-4-8-9(7-15)12(13(16)17)11(18-3)6-10(8)19-14/h4-6,15H,7H2,1-3H3,(H,16,17). The van der Waals surface area contributed by atoms with Crippen LogP contribution in [0, 0.1) is 0 Å². The van der Waals surface area contributed by atoms with E-state index in [2.05, 4.69) is 0 Å². The number of carbonyl (C=O) groups is 1. The Kier molecular flexibility index (Phi) is 3.24. The lowest BCUT2D eigenvalue weighted by Crippen LogP contribution is -2.28. The van der Waals surface area contributed by atoms with Gasteiger partial charge < -0.3 is 19.7 Å². The molecule has 0 fully saturated rings. The summed E-state index contributed by atoms with van der Waals surface area (Å²) in [6.45, 7) is 3.39. The van der Waals surface area contributed by atoms with Gasteiger partial charge in [0.1, 0.15) is 22.7 Å². The smallest absolute Gasteiger partial charge is 0.339 e. The molecule has 102 valence electrons. The summed E-state index contributed by atoms with van der Waals surface area (Å²) >= 11 is 0. The summed E-state index contributed by atoms with van der Waals surface area (Å²) in [5.74, 6) is -0.443. The minimum atomic E-state index is -1.14. The first-order chi connectivity index (χ1) is 8.89. The van der Waals surface area contributed by atoms with Crippen LogP contribution in [0.1, 0.15) is 35.3 Å². The summed E-state index contributed by atoms with van der Waals surface area (Å²) in [7, 11) is 1.39. The highest BCUT2D eigenvalue weighted by molar-refractivity contribution is 5.95. The molecule has 0 spiro atoms.